The van der Waals surface area contributed by atoms with Crippen molar-refractivity contribution < 1.29 is 17.9 Å². The lowest BCUT2D eigenvalue weighted by Gasteiger charge is -2.09. The number of ether oxygens (including phenoxy) is 1. The molecule has 2 aromatic carbocycles. The Hall–Kier alpha value is -2.50. The first kappa shape index (κ1) is 13.5. The van der Waals surface area contributed by atoms with E-state index in [0.29, 0.717) is 16.6 Å². The van der Waals surface area contributed by atoms with E-state index in [0.717, 1.165) is 12.1 Å². The molecule has 3 aromatic rings. The molecule has 0 N–H and O–H groups in total. The maximum absolute atomic E-state index is 14.1. The van der Waals surface area contributed by atoms with Crippen molar-refractivity contribution in [3.8, 4) is 5.75 Å². The third-order valence-electron chi connectivity index (χ3n) is 3.27. The second-order valence-electron chi connectivity index (χ2n) is 4.56. The molecule has 0 aliphatic heterocycles. The lowest BCUT2D eigenvalue weighted by Crippen LogP contribution is -2.02. The zero-order valence-electron chi connectivity index (χ0n) is 11.1. The molecule has 0 unspecified atom stereocenters. The van der Waals surface area contributed by atoms with Crippen LogP contribution in [0, 0.1) is 17.5 Å². The summed E-state index contributed by atoms with van der Waals surface area (Å²) in [6, 6.07) is 6.85. The van der Waals surface area contributed by atoms with Crippen LogP contribution < -0.4 is 4.74 Å². The smallest absolute Gasteiger partial charge is 0.170 e. The summed E-state index contributed by atoms with van der Waals surface area (Å²) in [6.45, 7) is 0.143. The van der Waals surface area contributed by atoms with Crippen molar-refractivity contribution in [2.24, 2.45) is 0 Å². The van der Waals surface area contributed by atoms with Crippen molar-refractivity contribution >= 4 is 11.0 Å². The van der Waals surface area contributed by atoms with Crippen molar-refractivity contribution in [1.29, 1.82) is 0 Å². The zero-order valence-corrected chi connectivity index (χ0v) is 11.1. The molecule has 0 bridgehead atoms. The standard InChI is InChI=1S/C15H11F3N2O/c1-21-14-4-2-3-9(15(14)18)7-20-8-19-12-5-10(16)11(17)6-13(12)20/h2-6,8H,7H2,1H3. The first-order chi connectivity index (χ1) is 10.1. The number of hydrogen-bond acceptors (Lipinski definition) is 2. The lowest BCUT2D eigenvalue weighted by atomic mass is 10.2. The highest BCUT2D eigenvalue weighted by atomic mass is 19.2. The fraction of sp³-hybridized carbons (Fsp3) is 0.133. The summed E-state index contributed by atoms with van der Waals surface area (Å²) in [5.74, 6) is -2.27. The van der Waals surface area contributed by atoms with Crippen LogP contribution in [-0.2, 0) is 6.54 Å². The number of halogens is 3. The highest BCUT2D eigenvalue weighted by Gasteiger charge is 2.12. The van der Waals surface area contributed by atoms with Gasteiger partial charge >= 0.3 is 0 Å². The van der Waals surface area contributed by atoms with Gasteiger partial charge < -0.3 is 9.30 Å². The summed E-state index contributed by atoms with van der Waals surface area (Å²) >= 11 is 0. The summed E-state index contributed by atoms with van der Waals surface area (Å²) in [7, 11) is 1.38. The molecule has 3 nitrogen and oxygen atoms in total. The predicted molar refractivity (Wildman–Crippen MR) is 71.7 cm³/mol. The van der Waals surface area contributed by atoms with Crippen LogP contribution in [0.15, 0.2) is 36.7 Å². The molecular weight excluding hydrogens is 281 g/mol. The van der Waals surface area contributed by atoms with Gasteiger partial charge in [0.1, 0.15) is 0 Å². The predicted octanol–water partition coefficient (Wildman–Crippen LogP) is 3.51. The molecule has 0 fully saturated rings. The van der Waals surface area contributed by atoms with Crippen LogP contribution in [-0.4, -0.2) is 16.7 Å². The topological polar surface area (TPSA) is 27.1 Å². The average Bonchev–Trinajstić information content (AvgIpc) is 2.84. The van der Waals surface area contributed by atoms with Gasteiger partial charge in [-0.15, -0.1) is 0 Å². The van der Waals surface area contributed by atoms with E-state index in [2.05, 4.69) is 4.98 Å². The van der Waals surface area contributed by atoms with Gasteiger partial charge in [-0.2, -0.15) is 0 Å². The molecule has 6 heteroatoms. The Kier molecular flexibility index (Phi) is 3.29. The van der Waals surface area contributed by atoms with Crippen LogP contribution in [0.2, 0.25) is 0 Å². The van der Waals surface area contributed by atoms with Crippen molar-refractivity contribution in [2.75, 3.05) is 7.11 Å². The molecule has 0 spiro atoms. The number of hydrogen-bond donors (Lipinski definition) is 0. The van der Waals surface area contributed by atoms with Crippen LogP contribution in [0.5, 0.6) is 5.75 Å². The first-order valence-corrected chi connectivity index (χ1v) is 6.21. The molecule has 1 heterocycles. The van der Waals surface area contributed by atoms with Gasteiger partial charge in [-0.25, -0.2) is 18.2 Å². The number of aromatic nitrogens is 2. The highest BCUT2D eigenvalue weighted by molar-refractivity contribution is 5.75. The van der Waals surface area contributed by atoms with Gasteiger partial charge in [0.05, 0.1) is 31.0 Å². The number of methoxy groups -OCH3 is 1. The average molecular weight is 292 g/mol. The number of nitrogens with zero attached hydrogens (tertiary/aromatic N) is 2. The van der Waals surface area contributed by atoms with Crippen molar-refractivity contribution in [3.05, 3.63) is 59.7 Å². The monoisotopic (exact) mass is 292 g/mol. The SMILES string of the molecule is COc1cccc(Cn2cnc3cc(F)c(F)cc32)c1F. The van der Waals surface area contributed by atoms with Gasteiger partial charge in [0, 0.05) is 17.7 Å². The fourth-order valence-electron chi connectivity index (χ4n) is 2.20. The van der Waals surface area contributed by atoms with E-state index in [9.17, 15) is 13.2 Å². The summed E-state index contributed by atoms with van der Waals surface area (Å²) in [5.41, 5.74) is 1.09. The number of rotatable bonds is 3. The molecule has 0 saturated heterocycles. The molecule has 0 aliphatic carbocycles. The molecule has 0 aliphatic rings. The van der Waals surface area contributed by atoms with Gasteiger partial charge in [-0.3, -0.25) is 0 Å². The van der Waals surface area contributed by atoms with Gasteiger partial charge in [0.25, 0.3) is 0 Å². The van der Waals surface area contributed by atoms with Crippen LogP contribution in [0.25, 0.3) is 11.0 Å². The second-order valence-corrected chi connectivity index (χ2v) is 4.56. The fourth-order valence-corrected chi connectivity index (χ4v) is 2.20. The molecule has 0 saturated carbocycles. The summed E-state index contributed by atoms with van der Waals surface area (Å²) in [6.07, 6.45) is 1.42. The second kappa shape index (κ2) is 5.12. The van der Waals surface area contributed by atoms with E-state index in [4.69, 9.17) is 4.74 Å². The van der Waals surface area contributed by atoms with E-state index in [1.54, 1.807) is 16.7 Å². The Morgan fingerprint density at radius 2 is 1.90 bits per heavy atom. The normalized spacial score (nSPS) is 11.0. The summed E-state index contributed by atoms with van der Waals surface area (Å²) < 4.78 is 47.1. The van der Waals surface area contributed by atoms with Gasteiger partial charge in [0.2, 0.25) is 0 Å². The van der Waals surface area contributed by atoms with E-state index < -0.39 is 17.5 Å². The molecule has 21 heavy (non-hydrogen) atoms. The van der Waals surface area contributed by atoms with Crippen molar-refractivity contribution in [3.63, 3.8) is 0 Å². The van der Waals surface area contributed by atoms with Crippen molar-refractivity contribution in [1.82, 2.24) is 9.55 Å². The van der Waals surface area contributed by atoms with Crippen molar-refractivity contribution in [2.45, 2.75) is 6.54 Å². The maximum atomic E-state index is 14.1. The Labute approximate surface area is 118 Å². The molecular formula is C15H11F3N2O. The maximum Gasteiger partial charge on any atom is 0.170 e. The van der Waals surface area contributed by atoms with Crippen LogP contribution >= 0.6 is 0 Å². The van der Waals surface area contributed by atoms with E-state index >= 15 is 0 Å². The number of fused-ring (bicyclic) bond motifs is 1. The molecule has 0 amide bonds. The molecule has 0 atom stereocenters. The summed E-state index contributed by atoms with van der Waals surface area (Å²) in [5, 5.41) is 0. The molecule has 1 aromatic heterocycles. The van der Waals surface area contributed by atoms with Gasteiger partial charge in [-0.05, 0) is 6.07 Å². The molecule has 3 rings (SSSR count). The van der Waals surface area contributed by atoms with Crippen LogP contribution in [0.3, 0.4) is 0 Å². The largest absolute Gasteiger partial charge is 0.494 e. The minimum absolute atomic E-state index is 0.133. The molecule has 108 valence electrons. The molecule has 0 radical (unpaired) electrons. The van der Waals surface area contributed by atoms with E-state index in [1.165, 1.54) is 19.5 Å². The van der Waals surface area contributed by atoms with Crippen LogP contribution in [0.4, 0.5) is 13.2 Å². The van der Waals surface area contributed by atoms with Gasteiger partial charge in [-0.1, -0.05) is 12.1 Å². The summed E-state index contributed by atoms with van der Waals surface area (Å²) in [4.78, 5) is 3.99. The Morgan fingerprint density at radius 3 is 2.67 bits per heavy atom. The lowest BCUT2D eigenvalue weighted by molar-refractivity contribution is 0.383. The number of benzene rings is 2. The first-order valence-electron chi connectivity index (χ1n) is 6.21. The van der Waals surface area contributed by atoms with E-state index in [-0.39, 0.29) is 12.3 Å². The Bertz CT molecular complexity index is 814. The minimum Gasteiger partial charge on any atom is -0.494 e. The Balaban J connectivity index is 2.04. The number of imidazole rings is 1. The van der Waals surface area contributed by atoms with E-state index in [1.807, 2.05) is 0 Å². The highest BCUT2D eigenvalue weighted by Crippen LogP contribution is 2.23. The Morgan fingerprint density at radius 1 is 1.14 bits per heavy atom. The zero-order chi connectivity index (χ0) is 15.0. The van der Waals surface area contributed by atoms with Crippen LogP contribution in [0.1, 0.15) is 5.56 Å². The third-order valence-corrected chi connectivity index (χ3v) is 3.27. The van der Waals surface area contributed by atoms with Gasteiger partial charge in [0.15, 0.2) is 23.2 Å². The third kappa shape index (κ3) is 2.33. The quantitative estimate of drug-likeness (QED) is 0.738. The minimum atomic E-state index is -0.963.